The standard InChI is InChI=1S/C22H34O6.2Ag/c23-21(24)15-7-3-1-5-11-17-27-19-13-9-10-14-20(19)28-18-12-6-2-4-8-16-22(25)26;;/h9-10,13-14H,1-8,11-12,15-18H2,(H,23,24)(H,25,26);;. The summed E-state index contributed by atoms with van der Waals surface area (Å²) in [5, 5.41) is 17.2. The van der Waals surface area contributed by atoms with Crippen LogP contribution in [0.3, 0.4) is 0 Å². The molecule has 0 aliphatic carbocycles. The van der Waals surface area contributed by atoms with Crippen molar-refractivity contribution in [3.05, 3.63) is 24.3 Å². The summed E-state index contributed by atoms with van der Waals surface area (Å²) in [4.78, 5) is 20.9. The van der Waals surface area contributed by atoms with E-state index >= 15 is 0 Å². The number of benzene rings is 1. The molecule has 30 heavy (non-hydrogen) atoms. The molecule has 0 heterocycles. The zero-order valence-corrected chi connectivity index (χ0v) is 20.3. The van der Waals surface area contributed by atoms with Gasteiger partial charge in [0.25, 0.3) is 0 Å². The summed E-state index contributed by atoms with van der Waals surface area (Å²) in [5.74, 6) is 0.0703. The van der Waals surface area contributed by atoms with Gasteiger partial charge in [0.15, 0.2) is 11.5 Å². The van der Waals surface area contributed by atoms with Gasteiger partial charge < -0.3 is 19.7 Å². The summed E-state index contributed by atoms with van der Waals surface area (Å²) in [6.45, 7) is 1.26. The molecule has 0 bridgehead atoms. The fraction of sp³-hybridized carbons (Fsp3) is 0.636. The smallest absolute Gasteiger partial charge is 0.303 e. The van der Waals surface area contributed by atoms with E-state index in [9.17, 15) is 9.59 Å². The molecule has 0 amide bonds. The number of rotatable bonds is 18. The summed E-state index contributed by atoms with van der Waals surface area (Å²) >= 11 is 0. The molecule has 1 aromatic rings. The summed E-state index contributed by atoms with van der Waals surface area (Å²) in [5.41, 5.74) is 0. The van der Waals surface area contributed by atoms with Crippen molar-refractivity contribution in [1.82, 2.24) is 0 Å². The third-order valence-electron chi connectivity index (χ3n) is 4.43. The quantitative estimate of drug-likeness (QED) is 0.174. The maximum Gasteiger partial charge on any atom is 0.303 e. The van der Waals surface area contributed by atoms with Crippen LogP contribution in [0.25, 0.3) is 0 Å². The van der Waals surface area contributed by atoms with E-state index in [-0.39, 0.29) is 57.6 Å². The van der Waals surface area contributed by atoms with Crippen LogP contribution in [0.5, 0.6) is 11.5 Å². The van der Waals surface area contributed by atoms with Crippen LogP contribution in [-0.2, 0) is 54.3 Å². The van der Waals surface area contributed by atoms with Crippen molar-refractivity contribution in [3.63, 3.8) is 0 Å². The minimum absolute atomic E-state index is 0. The van der Waals surface area contributed by atoms with Crippen LogP contribution < -0.4 is 9.47 Å². The zero-order chi connectivity index (χ0) is 20.5. The molecule has 0 atom stereocenters. The summed E-state index contributed by atoms with van der Waals surface area (Å²) in [7, 11) is 0. The third-order valence-corrected chi connectivity index (χ3v) is 4.43. The predicted molar refractivity (Wildman–Crippen MR) is 108 cm³/mol. The molecule has 0 spiro atoms. The number of aliphatic carboxylic acids is 2. The van der Waals surface area contributed by atoms with Crippen LogP contribution in [0, 0.1) is 0 Å². The van der Waals surface area contributed by atoms with E-state index in [1.807, 2.05) is 24.3 Å². The zero-order valence-electron chi connectivity index (χ0n) is 17.3. The Bertz CT molecular complexity index is 519. The number of hydrogen-bond acceptors (Lipinski definition) is 4. The van der Waals surface area contributed by atoms with Crippen LogP contribution in [0.4, 0.5) is 0 Å². The maximum atomic E-state index is 10.4. The van der Waals surface area contributed by atoms with Gasteiger partial charge in [0.2, 0.25) is 0 Å². The SMILES string of the molecule is O=C(O)CCCCCCCOc1ccccc1OCCCCCCCC(=O)O.[Ag].[Ag]. The van der Waals surface area contributed by atoms with Gasteiger partial charge in [-0.1, -0.05) is 50.7 Å². The number of carbonyl (C=O) groups is 2. The van der Waals surface area contributed by atoms with Gasteiger partial charge in [-0.25, -0.2) is 0 Å². The van der Waals surface area contributed by atoms with Gasteiger partial charge >= 0.3 is 11.9 Å². The number of ether oxygens (including phenoxy) is 2. The maximum absolute atomic E-state index is 10.4. The van der Waals surface area contributed by atoms with E-state index in [4.69, 9.17) is 19.7 Å². The molecule has 0 saturated heterocycles. The minimum atomic E-state index is -0.724. The molecule has 2 N–H and O–H groups in total. The second-order valence-corrected chi connectivity index (χ2v) is 6.97. The Kier molecular flexibility index (Phi) is 22.5. The van der Waals surface area contributed by atoms with E-state index in [0.717, 1.165) is 75.7 Å². The number of para-hydroxylation sites is 2. The molecular formula is C22H34Ag2O6. The molecule has 1 aromatic carbocycles. The molecule has 1 rings (SSSR count). The normalized spacial score (nSPS) is 9.87. The van der Waals surface area contributed by atoms with E-state index in [1.54, 1.807) is 0 Å². The first kappa shape index (κ1) is 31.4. The van der Waals surface area contributed by atoms with Crippen LogP contribution >= 0.6 is 0 Å². The Morgan fingerprint density at radius 1 is 0.600 bits per heavy atom. The number of unbranched alkanes of at least 4 members (excludes halogenated alkanes) is 8. The predicted octanol–water partition coefficient (Wildman–Crippen LogP) is 5.29. The molecule has 0 aromatic heterocycles. The van der Waals surface area contributed by atoms with Gasteiger partial charge in [0.1, 0.15) is 0 Å². The van der Waals surface area contributed by atoms with Crippen LogP contribution in [0.2, 0.25) is 0 Å². The van der Waals surface area contributed by atoms with Gasteiger partial charge in [-0.15, -0.1) is 0 Å². The first-order valence-corrected chi connectivity index (χ1v) is 10.4. The molecular weight excluding hydrogens is 576 g/mol. The molecule has 0 aliphatic heterocycles. The largest absolute Gasteiger partial charge is 0.490 e. The first-order valence-electron chi connectivity index (χ1n) is 10.4. The molecule has 8 heteroatoms. The minimum Gasteiger partial charge on any atom is -0.490 e. The topological polar surface area (TPSA) is 93.1 Å². The number of carboxylic acid groups (broad SMARTS) is 2. The van der Waals surface area contributed by atoms with Crippen LogP contribution in [-0.4, -0.2) is 35.4 Å². The van der Waals surface area contributed by atoms with Gasteiger partial charge in [0.05, 0.1) is 13.2 Å². The van der Waals surface area contributed by atoms with Gasteiger partial charge in [-0.2, -0.15) is 0 Å². The first-order chi connectivity index (χ1) is 13.6. The van der Waals surface area contributed by atoms with Crippen molar-refractivity contribution >= 4 is 11.9 Å². The summed E-state index contributed by atoms with van der Waals surface area (Å²) < 4.78 is 11.7. The Hall–Kier alpha value is -0.759. The van der Waals surface area contributed by atoms with E-state index < -0.39 is 11.9 Å². The Labute approximate surface area is 211 Å². The summed E-state index contributed by atoms with van der Waals surface area (Å²) in [6, 6.07) is 7.68. The Morgan fingerprint density at radius 3 is 1.30 bits per heavy atom. The molecule has 0 fully saturated rings. The van der Waals surface area contributed by atoms with Crippen molar-refractivity contribution in [2.24, 2.45) is 0 Å². The number of carboxylic acids is 2. The fourth-order valence-electron chi connectivity index (χ4n) is 2.87. The van der Waals surface area contributed by atoms with Crippen molar-refractivity contribution in [2.45, 2.75) is 77.0 Å². The third kappa shape index (κ3) is 18.0. The average molecular weight is 610 g/mol. The molecule has 0 saturated carbocycles. The molecule has 0 aliphatic rings. The second-order valence-electron chi connectivity index (χ2n) is 6.97. The van der Waals surface area contributed by atoms with Gasteiger partial charge in [-0.05, 0) is 37.8 Å². The molecule has 180 valence electrons. The molecule has 6 nitrogen and oxygen atoms in total. The monoisotopic (exact) mass is 608 g/mol. The van der Waals surface area contributed by atoms with Crippen molar-refractivity contribution in [1.29, 1.82) is 0 Å². The Morgan fingerprint density at radius 2 is 0.933 bits per heavy atom. The van der Waals surface area contributed by atoms with E-state index in [0.29, 0.717) is 13.2 Å². The average Bonchev–Trinajstić information content (AvgIpc) is 2.66. The second kappa shape index (κ2) is 21.5. The van der Waals surface area contributed by atoms with Crippen LogP contribution in [0.1, 0.15) is 77.0 Å². The molecule has 0 unspecified atom stereocenters. The van der Waals surface area contributed by atoms with E-state index in [2.05, 4.69) is 0 Å². The van der Waals surface area contributed by atoms with Crippen molar-refractivity contribution < 1.29 is 74.0 Å². The number of hydrogen-bond donors (Lipinski definition) is 2. The van der Waals surface area contributed by atoms with E-state index in [1.165, 1.54) is 0 Å². The Balaban J connectivity index is 0. The van der Waals surface area contributed by atoms with Crippen LogP contribution in [0.15, 0.2) is 24.3 Å². The van der Waals surface area contributed by atoms with Crippen molar-refractivity contribution in [3.8, 4) is 11.5 Å². The van der Waals surface area contributed by atoms with Gasteiger partial charge in [-0.3, -0.25) is 9.59 Å². The van der Waals surface area contributed by atoms with Crippen molar-refractivity contribution in [2.75, 3.05) is 13.2 Å². The molecule has 2 radical (unpaired) electrons. The summed E-state index contributed by atoms with van der Waals surface area (Å²) in [6.07, 6.45) is 9.89. The fourth-order valence-corrected chi connectivity index (χ4v) is 2.87. The van der Waals surface area contributed by atoms with Gasteiger partial charge in [0, 0.05) is 57.6 Å².